The molecule has 0 bridgehead atoms. The molecule has 0 unspecified atom stereocenters. The quantitative estimate of drug-likeness (QED) is 0.555. The number of aryl methyl sites for hydroxylation is 1. The lowest BCUT2D eigenvalue weighted by Gasteiger charge is -2.28. The normalized spacial score (nSPS) is 13.6. The third-order valence-corrected chi connectivity index (χ3v) is 5.81. The number of carbonyl (C=O) groups excluding carboxylic acids is 2. The van der Waals surface area contributed by atoms with E-state index in [0.29, 0.717) is 30.0 Å². The zero-order chi connectivity index (χ0) is 22.3. The number of para-hydroxylation sites is 2. The number of urea groups is 1. The number of rotatable bonds is 6. The molecule has 4 rings (SSSR count). The minimum absolute atomic E-state index is 0.0232. The molecule has 1 aliphatic heterocycles. The Morgan fingerprint density at radius 3 is 2.50 bits per heavy atom. The van der Waals surface area contributed by atoms with Crippen molar-refractivity contribution in [1.82, 2.24) is 20.1 Å². The van der Waals surface area contributed by atoms with Crippen LogP contribution in [0.25, 0.3) is 5.69 Å². The van der Waals surface area contributed by atoms with Gasteiger partial charge in [0.2, 0.25) is 11.9 Å². The molecule has 3 aromatic rings. The van der Waals surface area contributed by atoms with Crippen molar-refractivity contribution in [3.63, 3.8) is 0 Å². The van der Waals surface area contributed by atoms with Crippen LogP contribution in [0.5, 0.6) is 0 Å². The summed E-state index contributed by atoms with van der Waals surface area (Å²) in [5, 5.41) is 14.3. The van der Waals surface area contributed by atoms with Crippen LogP contribution in [0.2, 0.25) is 0 Å². The molecule has 32 heavy (non-hydrogen) atoms. The van der Waals surface area contributed by atoms with E-state index in [2.05, 4.69) is 25.7 Å². The first-order valence-corrected chi connectivity index (χ1v) is 11.2. The molecule has 2 heterocycles. The fourth-order valence-corrected chi connectivity index (χ4v) is 4.07. The van der Waals surface area contributed by atoms with Gasteiger partial charge in [0.1, 0.15) is 0 Å². The van der Waals surface area contributed by atoms with Gasteiger partial charge >= 0.3 is 6.03 Å². The van der Waals surface area contributed by atoms with Gasteiger partial charge < -0.3 is 15.0 Å². The highest BCUT2D eigenvalue weighted by Crippen LogP contribution is 2.28. The lowest BCUT2D eigenvalue weighted by molar-refractivity contribution is -0.117. The molecule has 1 aliphatic rings. The molecule has 10 heteroatoms. The molecule has 2 aromatic carbocycles. The molecule has 1 fully saturated rings. The van der Waals surface area contributed by atoms with Crippen molar-refractivity contribution >= 4 is 35.3 Å². The Kier molecular flexibility index (Phi) is 7.03. The lowest BCUT2D eigenvalue weighted by Crippen LogP contribution is -2.38. The summed E-state index contributed by atoms with van der Waals surface area (Å²) in [7, 11) is 0. The van der Waals surface area contributed by atoms with E-state index in [9.17, 15) is 9.59 Å². The van der Waals surface area contributed by atoms with Gasteiger partial charge in [0.15, 0.2) is 5.16 Å². The van der Waals surface area contributed by atoms with E-state index in [0.717, 1.165) is 24.3 Å². The first-order chi connectivity index (χ1) is 15.6. The Bertz CT molecular complexity index is 1080. The van der Waals surface area contributed by atoms with Gasteiger partial charge in [-0.15, -0.1) is 10.2 Å². The highest BCUT2D eigenvalue weighted by Gasteiger charge is 2.23. The van der Waals surface area contributed by atoms with E-state index in [-0.39, 0.29) is 5.75 Å². The SMILES string of the molecule is Cc1ccccc1-n1c(SCC(=O)NC(=O)Nc2ccccc2)nnc1N1CCOCC1. The van der Waals surface area contributed by atoms with Crippen molar-refractivity contribution in [2.75, 3.05) is 42.3 Å². The maximum absolute atomic E-state index is 12.4. The van der Waals surface area contributed by atoms with Gasteiger partial charge in [-0.2, -0.15) is 0 Å². The zero-order valence-corrected chi connectivity index (χ0v) is 18.5. The summed E-state index contributed by atoms with van der Waals surface area (Å²) in [4.78, 5) is 26.6. The second-order valence-corrected chi connectivity index (χ2v) is 8.10. The predicted octanol–water partition coefficient (Wildman–Crippen LogP) is 2.85. The van der Waals surface area contributed by atoms with E-state index in [4.69, 9.17) is 4.74 Å². The lowest BCUT2D eigenvalue weighted by atomic mass is 10.2. The molecule has 3 amide bonds. The summed E-state index contributed by atoms with van der Waals surface area (Å²) in [6, 6.07) is 16.3. The summed E-state index contributed by atoms with van der Waals surface area (Å²) in [6.45, 7) is 4.71. The third-order valence-electron chi connectivity index (χ3n) is 4.88. The van der Waals surface area contributed by atoms with Gasteiger partial charge in [0.05, 0.1) is 24.7 Å². The smallest absolute Gasteiger partial charge is 0.325 e. The Morgan fingerprint density at radius 1 is 1.03 bits per heavy atom. The molecule has 0 aliphatic carbocycles. The Morgan fingerprint density at radius 2 is 1.75 bits per heavy atom. The molecule has 2 N–H and O–H groups in total. The molecule has 166 valence electrons. The zero-order valence-electron chi connectivity index (χ0n) is 17.7. The summed E-state index contributed by atoms with van der Waals surface area (Å²) < 4.78 is 7.42. The van der Waals surface area contributed by atoms with Crippen LogP contribution in [0.15, 0.2) is 59.8 Å². The van der Waals surface area contributed by atoms with E-state index in [1.807, 2.05) is 41.8 Å². The number of thioether (sulfide) groups is 1. The van der Waals surface area contributed by atoms with Crippen LogP contribution in [0.1, 0.15) is 5.56 Å². The summed E-state index contributed by atoms with van der Waals surface area (Å²) in [6.07, 6.45) is 0. The molecule has 0 atom stereocenters. The van der Waals surface area contributed by atoms with Crippen LogP contribution in [-0.4, -0.2) is 58.8 Å². The number of ether oxygens (including phenoxy) is 1. The topological polar surface area (TPSA) is 101 Å². The number of morpholine rings is 1. The number of carbonyl (C=O) groups is 2. The summed E-state index contributed by atoms with van der Waals surface area (Å²) in [5.74, 6) is 0.318. The van der Waals surface area contributed by atoms with Gasteiger partial charge in [-0.25, -0.2) is 4.79 Å². The first kappa shape index (κ1) is 21.8. The molecule has 9 nitrogen and oxygen atoms in total. The second-order valence-electron chi connectivity index (χ2n) is 7.16. The molecule has 1 saturated heterocycles. The fourth-order valence-electron chi connectivity index (χ4n) is 3.33. The van der Waals surface area contributed by atoms with Crippen molar-refractivity contribution in [1.29, 1.82) is 0 Å². The number of imide groups is 1. The molecule has 0 spiro atoms. The monoisotopic (exact) mass is 452 g/mol. The van der Waals surface area contributed by atoms with E-state index < -0.39 is 11.9 Å². The first-order valence-electron chi connectivity index (χ1n) is 10.2. The van der Waals surface area contributed by atoms with Crippen LogP contribution < -0.4 is 15.5 Å². The minimum atomic E-state index is -0.573. The number of benzene rings is 2. The van der Waals surface area contributed by atoms with Crippen LogP contribution in [-0.2, 0) is 9.53 Å². The van der Waals surface area contributed by atoms with Crippen molar-refractivity contribution in [2.24, 2.45) is 0 Å². The number of hydrogen-bond acceptors (Lipinski definition) is 7. The van der Waals surface area contributed by atoms with Crippen molar-refractivity contribution in [3.05, 3.63) is 60.2 Å². The molecular formula is C22H24N6O3S. The van der Waals surface area contributed by atoms with Gasteiger partial charge in [0.25, 0.3) is 0 Å². The standard InChI is InChI=1S/C22H24N6O3S/c1-16-7-5-6-10-18(16)28-21(27-11-13-31-14-12-27)25-26-22(28)32-15-19(29)24-20(30)23-17-8-3-2-4-9-17/h2-10H,11-15H2,1H3,(H2,23,24,29,30). The van der Waals surface area contributed by atoms with E-state index >= 15 is 0 Å². The fraction of sp³-hybridized carbons (Fsp3) is 0.273. The van der Waals surface area contributed by atoms with Gasteiger partial charge in [-0.3, -0.25) is 14.7 Å². The van der Waals surface area contributed by atoms with E-state index in [1.165, 1.54) is 11.8 Å². The maximum Gasteiger partial charge on any atom is 0.325 e. The largest absolute Gasteiger partial charge is 0.378 e. The third kappa shape index (κ3) is 5.27. The van der Waals surface area contributed by atoms with Crippen LogP contribution in [0, 0.1) is 6.92 Å². The van der Waals surface area contributed by atoms with Crippen molar-refractivity contribution in [3.8, 4) is 5.69 Å². The number of hydrogen-bond donors (Lipinski definition) is 2. The predicted molar refractivity (Wildman–Crippen MR) is 123 cm³/mol. The van der Waals surface area contributed by atoms with Crippen LogP contribution in [0.4, 0.5) is 16.4 Å². The number of nitrogens with zero attached hydrogens (tertiary/aromatic N) is 4. The Balaban J connectivity index is 1.47. The van der Waals surface area contributed by atoms with Gasteiger partial charge in [0, 0.05) is 18.8 Å². The number of nitrogens with one attached hydrogen (secondary N) is 2. The Hall–Kier alpha value is -3.37. The highest BCUT2D eigenvalue weighted by molar-refractivity contribution is 7.99. The highest BCUT2D eigenvalue weighted by atomic mass is 32.2. The Labute approximate surface area is 190 Å². The van der Waals surface area contributed by atoms with Gasteiger partial charge in [-0.05, 0) is 30.7 Å². The van der Waals surface area contributed by atoms with E-state index in [1.54, 1.807) is 24.3 Å². The minimum Gasteiger partial charge on any atom is -0.378 e. The van der Waals surface area contributed by atoms with Crippen molar-refractivity contribution in [2.45, 2.75) is 12.1 Å². The number of amides is 3. The van der Waals surface area contributed by atoms with Crippen LogP contribution in [0.3, 0.4) is 0 Å². The summed E-state index contributed by atoms with van der Waals surface area (Å²) >= 11 is 1.23. The van der Waals surface area contributed by atoms with Crippen molar-refractivity contribution < 1.29 is 14.3 Å². The average molecular weight is 453 g/mol. The molecule has 0 saturated carbocycles. The summed E-state index contributed by atoms with van der Waals surface area (Å²) in [5.41, 5.74) is 2.62. The number of aromatic nitrogens is 3. The average Bonchev–Trinajstić information content (AvgIpc) is 3.23. The maximum atomic E-state index is 12.4. The number of anilines is 2. The van der Waals surface area contributed by atoms with Crippen LogP contribution >= 0.6 is 11.8 Å². The second kappa shape index (κ2) is 10.3. The van der Waals surface area contributed by atoms with Gasteiger partial charge in [-0.1, -0.05) is 48.2 Å². The molecular weight excluding hydrogens is 428 g/mol. The molecule has 0 radical (unpaired) electrons. The molecule has 1 aromatic heterocycles.